The van der Waals surface area contributed by atoms with E-state index >= 15 is 0 Å². The van der Waals surface area contributed by atoms with Crippen molar-refractivity contribution >= 4 is 28.7 Å². The fraction of sp³-hybridized carbons (Fsp3) is 0.0588. The van der Waals surface area contributed by atoms with E-state index in [9.17, 15) is 22.4 Å². The highest BCUT2D eigenvalue weighted by molar-refractivity contribution is 7.13. The number of nitrogens with zero attached hydrogens (tertiary/aromatic N) is 4. The molecule has 0 saturated carbocycles. The van der Waals surface area contributed by atoms with Crippen LogP contribution in [-0.2, 0) is 6.18 Å². The van der Waals surface area contributed by atoms with Gasteiger partial charge in [0.05, 0.1) is 10.6 Å². The number of aromatic nitrogens is 4. The summed E-state index contributed by atoms with van der Waals surface area (Å²) in [6.07, 6.45) is -4.73. The third kappa shape index (κ3) is 3.43. The van der Waals surface area contributed by atoms with E-state index in [2.05, 4.69) is 20.4 Å². The average Bonchev–Trinajstić information content (AvgIpc) is 3.31. The van der Waals surface area contributed by atoms with E-state index in [1.54, 1.807) is 17.5 Å². The monoisotopic (exact) mass is 407 g/mol. The first-order valence-corrected chi connectivity index (χ1v) is 8.65. The Morgan fingerprint density at radius 1 is 1.11 bits per heavy atom. The molecule has 0 aliphatic rings. The topological polar surface area (TPSA) is 72.2 Å². The van der Waals surface area contributed by atoms with E-state index in [4.69, 9.17) is 0 Å². The quantitative estimate of drug-likeness (QED) is 0.515. The SMILES string of the molecule is O=C(Nc1ccc(F)cc1)c1nc2nc(-c3cccs3)cc(C(F)(F)F)n2n1. The van der Waals surface area contributed by atoms with Crippen molar-refractivity contribution in [2.75, 3.05) is 5.32 Å². The second-order valence-electron chi connectivity index (χ2n) is 5.61. The standard InChI is InChI=1S/C17H9F4N5OS/c18-9-3-5-10(6-4-9)22-15(27)14-24-16-23-11(12-2-1-7-28-12)8-13(17(19,20)21)26(16)25-14/h1-8H,(H,22,27). The van der Waals surface area contributed by atoms with Gasteiger partial charge in [-0.2, -0.15) is 22.7 Å². The number of nitrogens with one attached hydrogen (secondary N) is 1. The summed E-state index contributed by atoms with van der Waals surface area (Å²) >= 11 is 1.22. The molecule has 0 aliphatic carbocycles. The number of carbonyl (C=O) groups excluding carboxylic acids is 1. The molecule has 0 fully saturated rings. The number of amides is 1. The molecule has 0 bridgehead atoms. The van der Waals surface area contributed by atoms with Gasteiger partial charge >= 0.3 is 6.18 Å². The highest BCUT2D eigenvalue weighted by Gasteiger charge is 2.36. The van der Waals surface area contributed by atoms with Gasteiger partial charge in [0, 0.05) is 5.69 Å². The van der Waals surface area contributed by atoms with Crippen LogP contribution in [0, 0.1) is 5.82 Å². The molecule has 0 unspecified atom stereocenters. The molecule has 4 rings (SSSR count). The minimum absolute atomic E-state index is 0.0766. The minimum Gasteiger partial charge on any atom is -0.319 e. The highest BCUT2D eigenvalue weighted by Crippen LogP contribution is 2.33. The summed E-state index contributed by atoms with van der Waals surface area (Å²) in [5, 5.41) is 7.76. The lowest BCUT2D eigenvalue weighted by atomic mass is 10.3. The second-order valence-corrected chi connectivity index (χ2v) is 6.56. The van der Waals surface area contributed by atoms with Crippen LogP contribution in [0.3, 0.4) is 0 Å². The molecule has 142 valence electrons. The zero-order valence-corrected chi connectivity index (χ0v) is 14.6. The Balaban J connectivity index is 1.77. The molecule has 0 spiro atoms. The number of alkyl halides is 3. The van der Waals surface area contributed by atoms with Crippen molar-refractivity contribution < 1.29 is 22.4 Å². The molecule has 0 radical (unpaired) electrons. The smallest absolute Gasteiger partial charge is 0.319 e. The predicted octanol–water partition coefficient (Wildman–Crippen LogP) is 4.26. The van der Waals surface area contributed by atoms with Crippen molar-refractivity contribution in [1.82, 2.24) is 19.6 Å². The Kier molecular flexibility index (Phi) is 4.30. The molecular formula is C17H9F4N5OS. The number of anilines is 1. The van der Waals surface area contributed by atoms with Gasteiger partial charge < -0.3 is 5.32 Å². The summed E-state index contributed by atoms with van der Waals surface area (Å²) in [6.45, 7) is 0. The number of hydrogen-bond acceptors (Lipinski definition) is 5. The second kappa shape index (κ2) is 6.68. The van der Waals surface area contributed by atoms with E-state index in [1.165, 1.54) is 23.5 Å². The average molecular weight is 407 g/mol. The Morgan fingerprint density at radius 2 is 1.86 bits per heavy atom. The third-order valence-corrected chi connectivity index (χ3v) is 4.57. The van der Waals surface area contributed by atoms with Gasteiger partial charge in [0.2, 0.25) is 5.82 Å². The Hall–Kier alpha value is -3.34. The van der Waals surface area contributed by atoms with Crippen LogP contribution in [0.4, 0.5) is 23.2 Å². The van der Waals surface area contributed by atoms with E-state index in [-0.39, 0.29) is 17.2 Å². The molecule has 0 atom stereocenters. The number of halogens is 4. The predicted molar refractivity (Wildman–Crippen MR) is 93.5 cm³/mol. The van der Waals surface area contributed by atoms with Crippen molar-refractivity contribution in [2.45, 2.75) is 6.18 Å². The lowest BCUT2D eigenvalue weighted by Gasteiger charge is -2.09. The number of hydrogen-bond donors (Lipinski definition) is 1. The fourth-order valence-electron chi connectivity index (χ4n) is 2.44. The van der Waals surface area contributed by atoms with Crippen LogP contribution >= 0.6 is 11.3 Å². The van der Waals surface area contributed by atoms with Gasteiger partial charge in [0.15, 0.2) is 5.69 Å². The molecule has 1 aromatic carbocycles. The van der Waals surface area contributed by atoms with Crippen molar-refractivity contribution in [3.8, 4) is 10.6 Å². The molecule has 28 heavy (non-hydrogen) atoms. The van der Waals surface area contributed by atoms with Crippen molar-refractivity contribution in [1.29, 1.82) is 0 Å². The normalized spacial score (nSPS) is 11.7. The molecule has 3 aromatic heterocycles. The maximum absolute atomic E-state index is 13.5. The first kappa shape index (κ1) is 18.0. The van der Waals surface area contributed by atoms with E-state index in [0.717, 1.165) is 18.2 Å². The Labute approximate surface area is 158 Å². The molecular weight excluding hydrogens is 398 g/mol. The number of fused-ring (bicyclic) bond motifs is 1. The van der Waals surface area contributed by atoms with E-state index < -0.39 is 29.4 Å². The summed E-state index contributed by atoms with van der Waals surface area (Å²) in [5.41, 5.74) is -0.782. The zero-order valence-electron chi connectivity index (χ0n) is 13.7. The summed E-state index contributed by atoms with van der Waals surface area (Å²) in [5.74, 6) is -2.19. The van der Waals surface area contributed by atoms with Crippen molar-refractivity contribution in [2.24, 2.45) is 0 Å². The van der Waals surface area contributed by atoms with Crippen LogP contribution in [-0.4, -0.2) is 25.5 Å². The van der Waals surface area contributed by atoms with E-state index in [0.29, 0.717) is 9.39 Å². The third-order valence-electron chi connectivity index (χ3n) is 3.68. The molecule has 0 aliphatic heterocycles. The first-order chi connectivity index (χ1) is 13.3. The molecule has 1 amide bonds. The molecule has 11 heteroatoms. The van der Waals surface area contributed by atoms with Crippen LogP contribution in [0.1, 0.15) is 16.3 Å². The summed E-state index contributed by atoms with van der Waals surface area (Å²) in [4.78, 5) is 20.7. The summed E-state index contributed by atoms with van der Waals surface area (Å²) in [6, 6.07) is 9.03. The number of rotatable bonds is 3. The number of thiophene rings is 1. The molecule has 4 aromatic rings. The Bertz CT molecular complexity index is 1150. The van der Waals surface area contributed by atoms with Crippen LogP contribution in [0.15, 0.2) is 47.8 Å². The summed E-state index contributed by atoms with van der Waals surface area (Å²) < 4.78 is 53.9. The molecule has 3 heterocycles. The lowest BCUT2D eigenvalue weighted by Crippen LogP contribution is -2.16. The fourth-order valence-corrected chi connectivity index (χ4v) is 3.12. The van der Waals surface area contributed by atoms with Crippen LogP contribution in [0.2, 0.25) is 0 Å². The Morgan fingerprint density at radius 3 is 2.50 bits per heavy atom. The number of benzene rings is 1. The van der Waals surface area contributed by atoms with Gasteiger partial charge in [-0.05, 0) is 41.8 Å². The first-order valence-electron chi connectivity index (χ1n) is 7.77. The molecule has 1 N–H and O–H groups in total. The highest BCUT2D eigenvalue weighted by atomic mass is 32.1. The van der Waals surface area contributed by atoms with Gasteiger partial charge in [0.25, 0.3) is 11.7 Å². The van der Waals surface area contributed by atoms with Gasteiger partial charge in [-0.3, -0.25) is 4.79 Å². The maximum atomic E-state index is 13.5. The van der Waals surface area contributed by atoms with Crippen LogP contribution < -0.4 is 5.32 Å². The summed E-state index contributed by atoms with van der Waals surface area (Å²) in [7, 11) is 0. The van der Waals surface area contributed by atoms with Gasteiger partial charge in [-0.15, -0.1) is 16.4 Å². The van der Waals surface area contributed by atoms with Crippen molar-refractivity contribution in [3.63, 3.8) is 0 Å². The van der Waals surface area contributed by atoms with E-state index in [1.807, 2.05) is 0 Å². The minimum atomic E-state index is -4.73. The van der Waals surface area contributed by atoms with Gasteiger partial charge in [-0.1, -0.05) is 6.07 Å². The van der Waals surface area contributed by atoms with Gasteiger partial charge in [-0.25, -0.2) is 9.37 Å². The number of carbonyl (C=O) groups is 1. The van der Waals surface area contributed by atoms with Crippen molar-refractivity contribution in [3.05, 3.63) is 65.2 Å². The van der Waals surface area contributed by atoms with Gasteiger partial charge in [0.1, 0.15) is 5.82 Å². The lowest BCUT2D eigenvalue weighted by molar-refractivity contribution is -0.142. The van der Waals surface area contributed by atoms with Crippen LogP contribution in [0.5, 0.6) is 0 Å². The molecule has 0 saturated heterocycles. The maximum Gasteiger partial charge on any atom is 0.433 e. The largest absolute Gasteiger partial charge is 0.433 e. The molecule has 6 nitrogen and oxygen atoms in total. The van der Waals surface area contributed by atoms with Crippen LogP contribution in [0.25, 0.3) is 16.3 Å². The zero-order chi connectivity index (χ0) is 19.9.